The van der Waals surface area contributed by atoms with E-state index in [-0.39, 0.29) is 0 Å². The molecule has 0 radical (unpaired) electrons. The second-order valence-electron chi connectivity index (χ2n) is 6.20. The standard InChI is InChI=1S/C18H30N4O2/c1-14(22-11-5-4-6-12-22)9-10-20-18(19)21-15-7-8-16(23-2)17(13-15)24-3/h7-8,13-14H,4-6,9-12H2,1-3H3,(H3,19,20,21). The van der Waals surface area contributed by atoms with Gasteiger partial charge in [-0.2, -0.15) is 0 Å². The van der Waals surface area contributed by atoms with Crippen molar-refractivity contribution >= 4 is 11.6 Å². The number of hydrogen-bond donors (Lipinski definition) is 2. The smallest absolute Gasteiger partial charge is 0.193 e. The van der Waals surface area contributed by atoms with E-state index in [2.05, 4.69) is 22.1 Å². The van der Waals surface area contributed by atoms with E-state index in [1.54, 1.807) is 14.2 Å². The molecule has 0 aromatic heterocycles. The first-order chi connectivity index (χ1) is 11.6. The van der Waals surface area contributed by atoms with Gasteiger partial charge in [0.1, 0.15) is 0 Å². The maximum atomic E-state index is 5.99. The van der Waals surface area contributed by atoms with Crippen molar-refractivity contribution in [3.8, 4) is 11.5 Å². The van der Waals surface area contributed by atoms with Gasteiger partial charge in [-0.3, -0.25) is 4.99 Å². The fourth-order valence-electron chi connectivity index (χ4n) is 3.01. The third-order valence-electron chi connectivity index (χ3n) is 4.50. The van der Waals surface area contributed by atoms with Gasteiger partial charge in [0.15, 0.2) is 17.5 Å². The highest BCUT2D eigenvalue weighted by atomic mass is 16.5. The number of rotatable bonds is 7. The quantitative estimate of drug-likeness (QED) is 0.592. The van der Waals surface area contributed by atoms with Crippen LogP contribution in [0.4, 0.5) is 5.69 Å². The fraction of sp³-hybridized carbons (Fsp3) is 0.611. The third-order valence-corrected chi connectivity index (χ3v) is 4.50. The molecule has 1 saturated heterocycles. The Labute approximate surface area is 145 Å². The lowest BCUT2D eigenvalue weighted by Gasteiger charge is -2.32. The Morgan fingerprint density at radius 3 is 2.58 bits per heavy atom. The first kappa shape index (κ1) is 18.4. The van der Waals surface area contributed by atoms with Gasteiger partial charge >= 0.3 is 0 Å². The van der Waals surface area contributed by atoms with Gasteiger partial charge in [0, 0.05) is 24.3 Å². The molecule has 6 heteroatoms. The predicted molar refractivity (Wildman–Crippen MR) is 99.2 cm³/mol. The van der Waals surface area contributed by atoms with Crippen molar-refractivity contribution in [3.05, 3.63) is 18.2 Å². The molecule has 0 aliphatic carbocycles. The monoisotopic (exact) mass is 334 g/mol. The van der Waals surface area contributed by atoms with Crippen molar-refractivity contribution in [1.29, 1.82) is 0 Å². The third kappa shape index (κ3) is 5.30. The van der Waals surface area contributed by atoms with E-state index in [1.807, 2.05) is 18.2 Å². The maximum Gasteiger partial charge on any atom is 0.193 e. The van der Waals surface area contributed by atoms with Gasteiger partial charge in [0.2, 0.25) is 0 Å². The normalized spacial score (nSPS) is 17.4. The molecule has 1 aliphatic rings. The van der Waals surface area contributed by atoms with E-state index in [9.17, 15) is 0 Å². The van der Waals surface area contributed by atoms with Crippen LogP contribution in [-0.2, 0) is 0 Å². The Bertz CT molecular complexity index is 542. The van der Waals surface area contributed by atoms with Gasteiger partial charge in [0.25, 0.3) is 0 Å². The number of hydrogen-bond acceptors (Lipinski definition) is 4. The highest BCUT2D eigenvalue weighted by Crippen LogP contribution is 2.29. The number of ether oxygens (including phenoxy) is 2. The zero-order chi connectivity index (χ0) is 17.4. The summed E-state index contributed by atoms with van der Waals surface area (Å²) in [7, 11) is 3.23. The van der Waals surface area contributed by atoms with Crippen molar-refractivity contribution in [2.75, 3.05) is 39.2 Å². The van der Waals surface area contributed by atoms with Crippen LogP contribution < -0.4 is 20.5 Å². The van der Waals surface area contributed by atoms with Crippen LogP contribution in [-0.4, -0.2) is 50.8 Å². The molecule has 1 aromatic rings. The topological polar surface area (TPSA) is 72.1 Å². The summed E-state index contributed by atoms with van der Waals surface area (Å²) in [5.41, 5.74) is 6.82. The van der Waals surface area contributed by atoms with Crippen LogP contribution in [0.1, 0.15) is 32.6 Å². The molecule has 0 saturated carbocycles. The fourth-order valence-corrected chi connectivity index (χ4v) is 3.01. The number of likely N-dealkylation sites (tertiary alicyclic amines) is 1. The molecule has 1 aromatic carbocycles. The summed E-state index contributed by atoms with van der Waals surface area (Å²) in [5.74, 6) is 1.77. The van der Waals surface area contributed by atoms with Gasteiger partial charge in [-0.25, -0.2) is 0 Å². The second kappa shape index (κ2) is 9.37. The first-order valence-corrected chi connectivity index (χ1v) is 8.67. The average molecular weight is 334 g/mol. The van der Waals surface area contributed by atoms with Crippen molar-refractivity contribution in [3.63, 3.8) is 0 Å². The van der Waals surface area contributed by atoms with E-state index in [4.69, 9.17) is 15.2 Å². The minimum atomic E-state index is 0.424. The minimum Gasteiger partial charge on any atom is -0.493 e. The molecule has 134 valence electrons. The molecule has 1 unspecified atom stereocenters. The number of anilines is 1. The first-order valence-electron chi connectivity index (χ1n) is 8.67. The number of nitrogens with zero attached hydrogens (tertiary/aromatic N) is 2. The number of piperidine rings is 1. The Balaban J connectivity index is 1.83. The number of aliphatic imine (C=N–C) groups is 1. The molecule has 1 aliphatic heterocycles. The van der Waals surface area contributed by atoms with Crippen LogP contribution in [0.5, 0.6) is 11.5 Å². The largest absolute Gasteiger partial charge is 0.493 e. The zero-order valence-electron chi connectivity index (χ0n) is 15.0. The summed E-state index contributed by atoms with van der Waals surface area (Å²) in [6.45, 7) is 5.43. The molecule has 24 heavy (non-hydrogen) atoms. The Morgan fingerprint density at radius 1 is 1.21 bits per heavy atom. The summed E-state index contributed by atoms with van der Waals surface area (Å²) in [6, 6.07) is 6.13. The molecule has 6 nitrogen and oxygen atoms in total. The number of benzene rings is 1. The second-order valence-corrected chi connectivity index (χ2v) is 6.20. The molecule has 3 N–H and O–H groups in total. The van der Waals surface area contributed by atoms with Gasteiger partial charge in [-0.05, 0) is 51.4 Å². The summed E-state index contributed by atoms with van der Waals surface area (Å²) in [4.78, 5) is 6.99. The Morgan fingerprint density at radius 2 is 1.92 bits per heavy atom. The molecule has 1 fully saturated rings. The Kier molecular flexibility index (Phi) is 7.18. The average Bonchev–Trinajstić information content (AvgIpc) is 2.62. The highest BCUT2D eigenvalue weighted by molar-refractivity contribution is 5.92. The Hall–Kier alpha value is -1.95. The summed E-state index contributed by atoms with van der Waals surface area (Å²) >= 11 is 0. The van der Waals surface area contributed by atoms with Crippen LogP contribution >= 0.6 is 0 Å². The van der Waals surface area contributed by atoms with Crippen LogP contribution in [0.25, 0.3) is 0 Å². The summed E-state index contributed by atoms with van der Waals surface area (Å²) in [6.07, 6.45) is 5.02. The number of guanidine groups is 1. The maximum absolute atomic E-state index is 5.99. The molecule has 1 atom stereocenters. The molecule has 0 spiro atoms. The highest BCUT2D eigenvalue weighted by Gasteiger charge is 2.15. The lowest BCUT2D eigenvalue weighted by Crippen LogP contribution is -2.37. The van der Waals surface area contributed by atoms with Gasteiger partial charge < -0.3 is 25.4 Å². The van der Waals surface area contributed by atoms with Gasteiger partial charge in [0.05, 0.1) is 14.2 Å². The van der Waals surface area contributed by atoms with Crippen LogP contribution in [0.3, 0.4) is 0 Å². The van der Waals surface area contributed by atoms with E-state index in [0.717, 1.165) is 18.7 Å². The van der Waals surface area contributed by atoms with Crippen LogP contribution in [0, 0.1) is 0 Å². The minimum absolute atomic E-state index is 0.424. The number of nitrogens with one attached hydrogen (secondary N) is 1. The lowest BCUT2D eigenvalue weighted by molar-refractivity contribution is 0.168. The van der Waals surface area contributed by atoms with Crippen molar-refractivity contribution in [2.24, 2.45) is 10.7 Å². The predicted octanol–water partition coefficient (Wildman–Crippen LogP) is 2.69. The number of nitrogens with two attached hydrogens (primary N) is 1. The number of methoxy groups -OCH3 is 2. The zero-order valence-corrected chi connectivity index (χ0v) is 15.0. The van der Waals surface area contributed by atoms with Crippen molar-refractivity contribution in [1.82, 2.24) is 4.90 Å². The van der Waals surface area contributed by atoms with Gasteiger partial charge in [-0.15, -0.1) is 0 Å². The van der Waals surface area contributed by atoms with Crippen molar-refractivity contribution in [2.45, 2.75) is 38.6 Å². The van der Waals surface area contributed by atoms with Crippen LogP contribution in [0.2, 0.25) is 0 Å². The summed E-state index contributed by atoms with van der Waals surface area (Å²) < 4.78 is 10.5. The molecular weight excluding hydrogens is 304 g/mol. The summed E-state index contributed by atoms with van der Waals surface area (Å²) in [5, 5.41) is 3.10. The van der Waals surface area contributed by atoms with E-state index in [0.29, 0.717) is 23.5 Å². The molecular formula is C18H30N4O2. The van der Waals surface area contributed by atoms with E-state index in [1.165, 1.54) is 32.4 Å². The van der Waals surface area contributed by atoms with Gasteiger partial charge in [-0.1, -0.05) is 6.42 Å². The van der Waals surface area contributed by atoms with E-state index < -0.39 is 0 Å². The van der Waals surface area contributed by atoms with E-state index >= 15 is 0 Å². The van der Waals surface area contributed by atoms with Crippen molar-refractivity contribution < 1.29 is 9.47 Å². The molecule has 2 rings (SSSR count). The lowest BCUT2D eigenvalue weighted by atomic mass is 10.1. The molecule has 1 heterocycles. The molecule has 0 amide bonds. The SMILES string of the molecule is COc1ccc(NC(N)=NCCC(C)N2CCCCC2)cc1OC. The molecule has 0 bridgehead atoms. The van der Waals surface area contributed by atoms with Crippen LogP contribution in [0.15, 0.2) is 23.2 Å².